The zero-order valence-electron chi connectivity index (χ0n) is 26.3. The number of amides is 3. The molecule has 0 saturated heterocycles. The van der Waals surface area contributed by atoms with Gasteiger partial charge in [0, 0.05) is 0 Å². The second kappa shape index (κ2) is 18.1. The Labute approximate surface area is 264 Å². The summed E-state index contributed by atoms with van der Waals surface area (Å²) < 4.78 is 16.6. The third kappa shape index (κ3) is 13.1. The van der Waals surface area contributed by atoms with E-state index in [9.17, 15) is 19.2 Å². The Bertz CT molecular complexity index is 1360. The first kappa shape index (κ1) is 34.6. The summed E-state index contributed by atoms with van der Waals surface area (Å²) in [5.41, 5.74) is 0.817. The van der Waals surface area contributed by atoms with Crippen LogP contribution in [0.1, 0.15) is 46.1 Å². The Hall–Kier alpha value is -4.86. The predicted octanol–water partition coefficient (Wildman–Crippen LogP) is 5.42. The topological polar surface area (TPSA) is 132 Å². The standard InChI is InChI=1S/C35H43N3O7/c1-24(2)19-31(37-34(41)32(20-25(3)4)38-35(42)44-22-26-11-7-5-8-12-26)33(40)36-21-27(39)23-43-28-15-17-30(18-16-28)45-29-13-9-6-10-14-29/h5-18,24-25,31-32H,19-23H2,1-4H3,(H,36,40)(H,37,41)(H,38,42)/t31-,32-/m0/s1. The minimum atomic E-state index is -0.907. The van der Waals surface area contributed by atoms with Gasteiger partial charge in [-0.3, -0.25) is 14.4 Å². The molecule has 0 fully saturated rings. The normalized spacial score (nSPS) is 12.1. The molecular weight excluding hydrogens is 574 g/mol. The largest absolute Gasteiger partial charge is 0.486 e. The van der Waals surface area contributed by atoms with Gasteiger partial charge in [-0.2, -0.15) is 0 Å². The summed E-state index contributed by atoms with van der Waals surface area (Å²) in [5.74, 6) is 0.615. The predicted molar refractivity (Wildman–Crippen MR) is 171 cm³/mol. The number of Topliss-reactive ketones (excluding diaryl/α,β-unsaturated/α-hetero) is 1. The lowest BCUT2D eigenvalue weighted by atomic mass is 10.00. The van der Waals surface area contributed by atoms with Crippen LogP contribution in [0, 0.1) is 11.8 Å². The van der Waals surface area contributed by atoms with Crippen LogP contribution in [0.15, 0.2) is 84.9 Å². The van der Waals surface area contributed by atoms with E-state index in [0.717, 1.165) is 5.56 Å². The molecule has 0 aliphatic rings. The van der Waals surface area contributed by atoms with E-state index in [4.69, 9.17) is 14.2 Å². The average Bonchev–Trinajstić information content (AvgIpc) is 3.02. The molecule has 0 aliphatic heterocycles. The molecule has 0 unspecified atom stereocenters. The van der Waals surface area contributed by atoms with E-state index in [-0.39, 0.29) is 37.4 Å². The van der Waals surface area contributed by atoms with E-state index < -0.39 is 30.0 Å². The molecule has 3 aromatic carbocycles. The molecular formula is C35H43N3O7. The van der Waals surface area contributed by atoms with Crippen LogP contribution in [0.25, 0.3) is 0 Å². The molecule has 0 spiro atoms. The van der Waals surface area contributed by atoms with Gasteiger partial charge in [-0.1, -0.05) is 76.2 Å². The smallest absolute Gasteiger partial charge is 0.408 e. The van der Waals surface area contributed by atoms with Gasteiger partial charge in [0.2, 0.25) is 11.8 Å². The third-order valence-corrected chi connectivity index (χ3v) is 6.53. The fourth-order valence-electron chi connectivity index (χ4n) is 4.34. The van der Waals surface area contributed by atoms with Crippen molar-refractivity contribution >= 4 is 23.7 Å². The van der Waals surface area contributed by atoms with Crippen molar-refractivity contribution in [1.29, 1.82) is 0 Å². The molecule has 0 radical (unpaired) electrons. The lowest BCUT2D eigenvalue weighted by Gasteiger charge is -2.25. The number of ether oxygens (including phenoxy) is 3. The van der Waals surface area contributed by atoms with Crippen molar-refractivity contribution in [3.8, 4) is 17.2 Å². The van der Waals surface area contributed by atoms with E-state index in [1.807, 2.05) is 88.4 Å². The molecule has 2 atom stereocenters. The zero-order valence-corrected chi connectivity index (χ0v) is 26.3. The first-order valence-corrected chi connectivity index (χ1v) is 15.1. The maximum Gasteiger partial charge on any atom is 0.408 e. The van der Waals surface area contributed by atoms with Crippen molar-refractivity contribution in [3.63, 3.8) is 0 Å². The van der Waals surface area contributed by atoms with Gasteiger partial charge in [-0.25, -0.2) is 4.79 Å². The van der Waals surface area contributed by atoms with Crippen molar-refractivity contribution in [2.75, 3.05) is 13.2 Å². The second-order valence-electron chi connectivity index (χ2n) is 11.5. The number of benzene rings is 3. The fraction of sp³-hybridized carbons (Fsp3) is 0.371. The summed E-state index contributed by atoms with van der Waals surface area (Å²) in [6.07, 6.45) is -0.0438. The van der Waals surface area contributed by atoms with Crippen LogP contribution in [0.3, 0.4) is 0 Å². The van der Waals surface area contributed by atoms with Crippen molar-refractivity contribution in [2.24, 2.45) is 11.8 Å². The van der Waals surface area contributed by atoms with Crippen molar-refractivity contribution in [2.45, 2.75) is 59.2 Å². The van der Waals surface area contributed by atoms with Crippen LogP contribution < -0.4 is 25.4 Å². The molecule has 0 heterocycles. The van der Waals surface area contributed by atoms with Gasteiger partial charge < -0.3 is 30.2 Å². The first-order valence-electron chi connectivity index (χ1n) is 15.1. The summed E-state index contributed by atoms with van der Waals surface area (Å²) in [6, 6.07) is 23.6. The molecule has 45 heavy (non-hydrogen) atoms. The fourth-order valence-corrected chi connectivity index (χ4v) is 4.34. The highest BCUT2D eigenvalue weighted by Gasteiger charge is 2.28. The molecule has 0 aliphatic carbocycles. The van der Waals surface area contributed by atoms with Crippen LogP contribution >= 0.6 is 0 Å². The van der Waals surface area contributed by atoms with E-state index in [0.29, 0.717) is 30.1 Å². The van der Waals surface area contributed by atoms with Gasteiger partial charge in [-0.05, 0) is 66.6 Å². The Morgan fingerprint density at radius 1 is 0.644 bits per heavy atom. The second-order valence-corrected chi connectivity index (χ2v) is 11.5. The summed E-state index contributed by atoms with van der Waals surface area (Å²) in [7, 11) is 0. The quantitative estimate of drug-likeness (QED) is 0.184. The van der Waals surface area contributed by atoms with E-state index in [1.165, 1.54) is 0 Å². The molecule has 240 valence electrons. The Morgan fingerprint density at radius 2 is 1.18 bits per heavy atom. The molecule has 10 nitrogen and oxygen atoms in total. The van der Waals surface area contributed by atoms with Gasteiger partial charge in [0.1, 0.15) is 42.5 Å². The Balaban J connectivity index is 1.49. The summed E-state index contributed by atoms with van der Waals surface area (Å²) in [6.45, 7) is 7.25. The Kier molecular flexibility index (Phi) is 13.9. The molecule has 3 aromatic rings. The van der Waals surface area contributed by atoms with E-state index in [1.54, 1.807) is 24.3 Å². The van der Waals surface area contributed by atoms with Crippen molar-refractivity contribution in [1.82, 2.24) is 16.0 Å². The summed E-state index contributed by atoms with van der Waals surface area (Å²) in [5, 5.41) is 8.00. The molecule has 3 N–H and O–H groups in total. The Morgan fingerprint density at radius 3 is 1.78 bits per heavy atom. The highest BCUT2D eigenvalue weighted by atomic mass is 16.5. The number of alkyl carbamates (subject to hydrolysis) is 1. The number of ketones is 1. The third-order valence-electron chi connectivity index (χ3n) is 6.53. The first-order chi connectivity index (χ1) is 21.6. The maximum atomic E-state index is 13.3. The molecule has 0 bridgehead atoms. The van der Waals surface area contributed by atoms with Gasteiger partial charge in [0.05, 0.1) is 6.54 Å². The van der Waals surface area contributed by atoms with Gasteiger partial charge in [-0.15, -0.1) is 0 Å². The molecule has 10 heteroatoms. The minimum Gasteiger partial charge on any atom is -0.486 e. The molecule has 0 saturated carbocycles. The van der Waals surface area contributed by atoms with Crippen molar-refractivity contribution < 1.29 is 33.4 Å². The van der Waals surface area contributed by atoms with E-state index in [2.05, 4.69) is 16.0 Å². The zero-order chi connectivity index (χ0) is 32.6. The van der Waals surface area contributed by atoms with Crippen LogP contribution in [0.4, 0.5) is 4.79 Å². The summed E-state index contributed by atoms with van der Waals surface area (Å²) in [4.78, 5) is 51.3. The highest BCUT2D eigenvalue weighted by Crippen LogP contribution is 2.23. The number of hydrogen-bond acceptors (Lipinski definition) is 7. The van der Waals surface area contributed by atoms with Gasteiger partial charge >= 0.3 is 6.09 Å². The SMILES string of the molecule is CC(C)C[C@H](NC(=O)OCc1ccccc1)C(=O)N[C@@H](CC(C)C)C(=O)NCC(=O)COc1ccc(Oc2ccccc2)cc1. The van der Waals surface area contributed by atoms with Crippen LogP contribution in [0.2, 0.25) is 0 Å². The maximum absolute atomic E-state index is 13.3. The number of rotatable bonds is 17. The summed E-state index contributed by atoms with van der Waals surface area (Å²) >= 11 is 0. The number of nitrogens with one attached hydrogen (secondary N) is 3. The lowest BCUT2D eigenvalue weighted by molar-refractivity contribution is -0.131. The van der Waals surface area contributed by atoms with Crippen LogP contribution in [-0.4, -0.2) is 48.9 Å². The van der Waals surface area contributed by atoms with Crippen LogP contribution in [-0.2, 0) is 25.7 Å². The lowest BCUT2D eigenvalue weighted by Crippen LogP contribution is -2.55. The molecule has 3 amide bonds. The number of para-hydroxylation sites is 1. The van der Waals surface area contributed by atoms with Crippen LogP contribution in [0.5, 0.6) is 17.2 Å². The molecule has 0 aromatic heterocycles. The van der Waals surface area contributed by atoms with Gasteiger partial charge in [0.25, 0.3) is 0 Å². The molecule has 3 rings (SSSR count). The van der Waals surface area contributed by atoms with Crippen molar-refractivity contribution in [3.05, 3.63) is 90.5 Å². The van der Waals surface area contributed by atoms with E-state index >= 15 is 0 Å². The number of carbonyl (C=O) groups excluding carboxylic acids is 4. The highest BCUT2D eigenvalue weighted by molar-refractivity contribution is 5.93. The number of hydrogen-bond donors (Lipinski definition) is 3. The van der Waals surface area contributed by atoms with Gasteiger partial charge in [0.15, 0.2) is 5.78 Å². The monoisotopic (exact) mass is 617 g/mol. The number of carbonyl (C=O) groups is 4. The average molecular weight is 618 g/mol. The minimum absolute atomic E-state index is 0.0623.